The average molecular weight is 910 g/mol. The van der Waals surface area contributed by atoms with Gasteiger partial charge in [-0.1, -0.05) is 0 Å². The Hall–Kier alpha value is -7.40. The molecule has 3 aliphatic rings. The van der Waals surface area contributed by atoms with Gasteiger partial charge in [0.05, 0.1) is 34.0 Å². The molecule has 22 heteroatoms. The largest absolute Gasteiger partial charge is 0.396 e. The normalized spacial score (nSPS) is 17.1. The summed E-state index contributed by atoms with van der Waals surface area (Å²) in [6.45, 7) is 10.9. The number of hydrogen-bond acceptors (Lipinski definition) is 18. The van der Waals surface area contributed by atoms with Gasteiger partial charge in [-0.25, -0.2) is 0 Å². The Morgan fingerprint density at radius 2 is 1.06 bits per heavy atom. The third-order valence-electron chi connectivity index (χ3n) is 9.92. The van der Waals surface area contributed by atoms with Crippen LogP contribution in [-0.4, -0.2) is 96.4 Å². The van der Waals surface area contributed by atoms with E-state index in [1.54, 1.807) is 48.6 Å². The van der Waals surface area contributed by atoms with Crippen molar-refractivity contribution in [2.45, 2.75) is 32.6 Å². The maximum absolute atomic E-state index is 14.0. The molecule has 20 nitrogen and oxygen atoms in total. The number of carbonyl (C=O) groups excluding carboxylic acids is 3. The van der Waals surface area contributed by atoms with E-state index in [9.17, 15) is 40.3 Å². The zero-order chi connectivity index (χ0) is 46.3. The van der Waals surface area contributed by atoms with E-state index in [0.717, 1.165) is 49.7 Å². The highest BCUT2D eigenvalue weighted by Gasteiger charge is 2.37. The molecule has 0 aromatic heterocycles. The number of benzene rings is 3. The Balaban J connectivity index is 1.21. The fourth-order valence-corrected chi connectivity index (χ4v) is 7.89. The Labute approximate surface area is 368 Å². The first-order chi connectivity index (χ1) is 30.4. The summed E-state index contributed by atoms with van der Waals surface area (Å²) in [5.74, 6) is -1.70. The first kappa shape index (κ1) is 46.1. The maximum Gasteiger partial charge on any atom is 0.296 e. The van der Waals surface area contributed by atoms with Gasteiger partial charge in [-0.3, -0.25) is 39.8 Å². The van der Waals surface area contributed by atoms with Crippen LogP contribution < -0.4 is 22.0 Å². The zero-order valence-corrected chi connectivity index (χ0v) is 36.5. The lowest BCUT2D eigenvalue weighted by Crippen LogP contribution is -2.28. The molecule has 3 aromatic carbocycles. The van der Waals surface area contributed by atoms with E-state index in [2.05, 4.69) is 41.8 Å². The number of ketones is 3. The summed E-state index contributed by atoms with van der Waals surface area (Å²) in [5, 5.41) is 20.3. The van der Waals surface area contributed by atoms with Crippen molar-refractivity contribution < 1.29 is 40.3 Å². The van der Waals surface area contributed by atoms with Gasteiger partial charge in [0.25, 0.3) is 20.2 Å². The molecule has 332 valence electrons. The van der Waals surface area contributed by atoms with Crippen LogP contribution in [-0.2, 0) is 29.8 Å². The molecule has 7 N–H and O–H groups in total. The summed E-state index contributed by atoms with van der Waals surface area (Å²) >= 11 is 0. The third-order valence-corrected chi connectivity index (χ3v) is 11.7. The SMILES string of the molecule is CCN(CC)C1=CC(=O)/C(=N\Nc2ccc(N/N=C3/C(=O)c4c(cc(S(=O)(=O)O)c(N=Nc5ccc(N/N=C6\C=CC(N(CC)CC)=CC6=O)cc5)c4N)C=C3S(=O)(=O)O)cc2)C=C1. The lowest BCUT2D eigenvalue weighted by molar-refractivity contribution is -0.109. The molecule has 6 rings (SSSR count). The quantitative estimate of drug-likeness (QED) is 0.0312. The summed E-state index contributed by atoms with van der Waals surface area (Å²) in [6.07, 6.45) is 10.6. The van der Waals surface area contributed by atoms with Crippen LogP contribution in [0.1, 0.15) is 43.6 Å². The van der Waals surface area contributed by atoms with E-state index in [1.165, 1.54) is 36.4 Å². The number of nitrogens with zero attached hydrogens (tertiary/aromatic N) is 7. The fourth-order valence-electron chi connectivity index (χ4n) is 6.56. The van der Waals surface area contributed by atoms with E-state index < -0.39 is 58.5 Å². The van der Waals surface area contributed by atoms with Crippen molar-refractivity contribution in [2.75, 3.05) is 48.2 Å². The number of Topliss-reactive ketones (excluding diaryl/α,β-unsaturated/α-hetero) is 1. The minimum Gasteiger partial charge on any atom is -0.396 e. The molecule has 0 radical (unpaired) electrons. The molecule has 0 atom stereocenters. The standard InChI is InChI=1S/C42H43N11O9S2/c1-5-52(6-2)30-17-19-32(34(54)23-30)48-44-26-9-13-28(14-10-26)46-50-40-36(63(57,58)59)21-25-22-37(64(60,61)62)41(42(56)38(25)39(40)43)51-47-29-15-11-27(12-16-29)45-49-33-20-18-31(24-35(33)55)53(7-3)8-4/h9-24,44-45,47H,5-8,43H2,1-4H3,(H,57,58,59)(H,60,61,62)/b48-32+,49-33-,50-46?,51-41+. The first-order valence-corrected chi connectivity index (χ1v) is 22.5. The van der Waals surface area contributed by atoms with Gasteiger partial charge < -0.3 is 15.5 Å². The number of likely N-dealkylation sites (N-methyl/N-ethyl adjacent to an activating group) is 2. The summed E-state index contributed by atoms with van der Waals surface area (Å²) in [7, 11) is -10.3. The molecule has 0 saturated carbocycles. The smallest absolute Gasteiger partial charge is 0.296 e. The van der Waals surface area contributed by atoms with Crippen molar-refractivity contribution in [3.63, 3.8) is 0 Å². The number of anilines is 4. The summed E-state index contributed by atoms with van der Waals surface area (Å²) < 4.78 is 70.4. The van der Waals surface area contributed by atoms with Crippen LogP contribution in [0.5, 0.6) is 0 Å². The van der Waals surface area contributed by atoms with Crippen LogP contribution in [0.15, 0.2) is 138 Å². The minimum absolute atomic E-state index is 0.165. The monoisotopic (exact) mass is 909 g/mol. The van der Waals surface area contributed by atoms with Gasteiger partial charge in [0, 0.05) is 49.7 Å². The van der Waals surface area contributed by atoms with Gasteiger partial charge in [-0.2, -0.15) is 37.3 Å². The lowest BCUT2D eigenvalue weighted by atomic mass is 9.92. The average Bonchev–Trinajstić information content (AvgIpc) is 3.26. The Bertz CT molecular complexity index is 2910. The van der Waals surface area contributed by atoms with Crippen molar-refractivity contribution in [2.24, 2.45) is 25.5 Å². The maximum atomic E-state index is 14.0. The summed E-state index contributed by atoms with van der Waals surface area (Å²) in [5.41, 5.74) is 14.8. The Kier molecular flexibility index (Phi) is 13.9. The number of allylic oxidation sites excluding steroid dienone is 7. The number of fused-ring (bicyclic) bond motifs is 1. The summed E-state index contributed by atoms with van der Waals surface area (Å²) in [6, 6.07) is 12.9. The van der Waals surface area contributed by atoms with Crippen LogP contribution in [0.25, 0.3) is 6.08 Å². The molecule has 0 spiro atoms. The van der Waals surface area contributed by atoms with Gasteiger partial charge in [-0.05, 0) is 118 Å². The number of hydrazone groups is 3. The van der Waals surface area contributed by atoms with Gasteiger partial charge >= 0.3 is 0 Å². The second kappa shape index (κ2) is 19.3. The van der Waals surface area contributed by atoms with Gasteiger partial charge in [0.2, 0.25) is 17.3 Å². The van der Waals surface area contributed by atoms with E-state index in [4.69, 9.17) is 5.73 Å². The highest BCUT2D eigenvalue weighted by atomic mass is 32.2. The van der Waals surface area contributed by atoms with E-state index >= 15 is 0 Å². The number of hydrogen-bond donors (Lipinski definition) is 6. The molecule has 64 heavy (non-hydrogen) atoms. The van der Waals surface area contributed by atoms with Crippen molar-refractivity contribution in [3.05, 3.63) is 118 Å². The molecule has 3 aromatic rings. The van der Waals surface area contributed by atoms with E-state index in [1.807, 2.05) is 37.5 Å². The van der Waals surface area contributed by atoms with Gasteiger partial charge in [-0.15, -0.1) is 5.11 Å². The molecule has 0 aliphatic heterocycles. The first-order valence-electron chi connectivity index (χ1n) is 19.6. The minimum atomic E-state index is -5.17. The molecule has 0 heterocycles. The zero-order valence-electron chi connectivity index (χ0n) is 34.8. The molecule has 0 unspecified atom stereocenters. The van der Waals surface area contributed by atoms with E-state index in [-0.39, 0.29) is 39.9 Å². The number of nitrogens with two attached hydrogens (primary N) is 1. The van der Waals surface area contributed by atoms with Crippen LogP contribution in [0.3, 0.4) is 0 Å². The molecular weight excluding hydrogens is 867 g/mol. The van der Waals surface area contributed by atoms with Crippen LogP contribution in [0, 0.1) is 0 Å². The molecule has 3 aliphatic carbocycles. The Morgan fingerprint density at radius 3 is 1.48 bits per heavy atom. The van der Waals surface area contributed by atoms with Crippen molar-refractivity contribution in [1.82, 2.24) is 9.80 Å². The molecular formula is C42H43N11O9S2. The van der Waals surface area contributed by atoms with Gasteiger partial charge in [0.15, 0.2) is 5.71 Å². The number of nitrogen functional groups attached to an aromatic ring is 1. The van der Waals surface area contributed by atoms with Crippen LogP contribution in [0.2, 0.25) is 0 Å². The van der Waals surface area contributed by atoms with Crippen LogP contribution >= 0.6 is 0 Å². The van der Waals surface area contributed by atoms with Crippen LogP contribution in [0.4, 0.5) is 34.1 Å². The van der Waals surface area contributed by atoms with E-state index in [0.29, 0.717) is 11.4 Å². The predicted octanol–water partition coefficient (Wildman–Crippen LogP) is 6.09. The molecule has 0 bridgehead atoms. The second-order valence-corrected chi connectivity index (χ2v) is 16.7. The lowest BCUT2D eigenvalue weighted by Gasteiger charge is -2.23. The van der Waals surface area contributed by atoms with Gasteiger partial charge in [0.1, 0.15) is 26.9 Å². The molecule has 0 saturated heterocycles. The van der Waals surface area contributed by atoms with Crippen molar-refractivity contribution >= 4 is 94.9 Å². The number of carbonyl (C=O) groups is 3. The number of azo groups is 1. The predicted molar refractivity (Wildman–Crippen MR) is 245 cm³/mol. The Morgan fingerprint density at radius 1 is 0.609 bits per heavy atom. The second-order valence-electron chi connectivity index (χ2n) is 13.9. The highest BCUT2D eigenvalue weighted by Crippen LogP contribution is 2.41. The van der Waals surface area contributed by atoms with Crippen molar-refractivity contribution in [3.8, 4) is 0 Å². The number of rotatable bonds is 16. The number of nitrogens with one attached hydrogen (secondary N) is 3. The van der Waals surface area contributed by atoms with Crippen molar-refractivity contribution in [1.29, 1.82) is 0 Å². The fraction of sp³-hybridized carbons (Fsp3) is 0.190. The molecule has 0 fully saturated rings. The highest BCUT2D eigenvalue weighted by molar-refractivity contribution is 7.91. The third kappa shape index (κ3) is 10.4. The topological polar surface area (TPSA) is 290 Å². The summed E-state index contributed by atoms with van der Waals surface area (Å²) in [4.78, 5) is 41.4. The molecule has 0 amide bonds.